The fourth-order valence-electron chi connectivity index (χ4n) is 2.60. The molecular weight excluding hydrogens is 351 g/mol. The first-order valence-corrected chi connectivity index (χ1v) is 9.45. The van der Waals surface area contributed by atoms with Crippen molar-refractivity contribution in [3.05, 3.63) is 40.4 Å². The molecule has 2 rings (SSSR count). The quantitative estimate of drug-likeness (QED) is 0.784. The largest absolute Gasteiger partial charge is 0.491 e. The average molecular weight is 376 g/mol. The lowest BCUT2D eigenvalue weighted by Gasteiger charge is -2.32. The summed E-state index contributed by atoms with van der Waals surface area (Å²) in [6.07, 6.45) is 1.87. The molecule has 0 aliphatic carbocycles. The van der Waals surface area contributed by atoms with E-state index >= 15 is 0 Å². The number of thioether (sulfide) groups is 1. The Kier molecular flexibility index (Phi) is 6.05. The van der Waals surface area contributed by atoms with E-state index in [4.69, 9.17) is 9.31 Å². The molecular formula is C19H25BO5S. The van der Waals surface area contributed by atoms with Gasteiger partial charge in [-0.2, -0.15) is 0 Å². The van der Waals surface area contributed by atoms with E-state index in [0.29, 0.717) is 11.3 Å². The molecule has 1 aromatic carbocycles. The first-order chi connectivity index (χ1) is 11.9. The van der Waals surface area contributed by atoms with Crippen molar-refractivity contribution >= 4 is 36.0 Å². The van der Waals surface area contributed by atoms with Gasteiger partial charge in [0.15, 0.2) is 5.12 Å². The minimum absolute atomic E-state index is 0.00317. The van der Waals surface area contributed by atoms with Crippen LogP contribution in [-0.4, -0.2) is 40.3 Å². The number of rotatable bonds is 5. The summed E-state index contributed by atoms with van der Waals surface area (Å²) in [5.41, 5.74) is 1.52. The van der Waals surface area contributed by atoms with Gasteiger partial charge < -0.3 is 14.4 Å². The second kappa shape index (κ2) is 7.58. The Labute approximate surface area is 159 Å². The van der Waals surface area contributed by atoms with Gasteiger partial charge in [0.05, 0.1) is 16.8 Å². The van der Waals surface area contributed by atoms with Crippen LogP contribution in [0.3, 0.4) is 0 Å². The van der Waals surface area contributed by atoms with Crippen molar-refractivity contribution in [2.45, 2.75) is 52.7 Å². The molecule has 1 N–H and O–H groups in total. The molecule has 1 aliphatic rings. The van der Waals surface area contributed by atoms with Crippen molar-refractivity contribution in [1.82, 2.24) is 0 Å². The van der Waals surface area contributed by atoms with Crippen molar-refractivity contribution in [2.24, 2.45) is 0 Å². The Hall–Kier alpha value is -1.57. The lowest BCUT2D eigenvalue weighted by molar-refractivity contribution is -0.109. The fourth-order valence-corrected chi connectivity index (χ4v) is 3.19. The Morgan fingerprint density at radius 3 is 2.27 bits per heavy atom. The van der Waals surface area contributed by atoms with Crippen molar-refractivity contribution < 1.29 is 24.0 Å². The van der Waals surface area contributed by atoms with E-state index in [1.54, 1.807) is 19.1 Å². The highest BCUT2D eigenvalue weighted by Crippen LogP contribution is 2.39. The number of carboxylic acid groups (broad SMARTS) is 1. The van der Waals surface area contributed by atoms with Crippen molar-refractivity contribution in [2.75, 3.05) is 5.75 Å². The van der Waals surface area contributed by atoms with Crippen molar-refractivity contribution in [3.63, 3.8) is 0 Å². The third-order valence-electron chi connectivity index (χ3n) is 4.95. The lowest BCUT2D eigenvalue weighted by atomic mass is 9.78. The summed E-state index contributed by atoms with van der Waals surface area (Å²) in [6, 6.07) is 5.14. The van der Waals surface area contributed by atoms with Crippen LogP contribution >= 0.6 is 11.8 Å². The second-order valence-corrected chi connectivity index (χ2v) is 8.56. The van der Waals surface area contributed by atoms with Gasteiger partial charge in [0.1, 0.15) is 0 Å². The fraction of sp³-hybridized carbons (Fsp3) is 0.474. The van der Waals surface area contributed by atoms with E-state index in [-0.39, 0.29) is 10.7 Å². The topological polar surface area (TPSA) is 72.8 Å². The zero-order valence-electron chi connectivity index (χ0n) is 16.1. The monoisotopic (exact) mass is 376 g/mol. The zero-order chi connectivity index (χ0) is 19.7. The molecule has 0 saturated carbocycles. The maximum Gasteiger partial charge on any atom is 0.491 e. The summed E-state index contributed by atoms with van der Waals surface area (Å²) >= 11 is 1.18. The summed E-state index contributed by atoms with van der Waals surface area (Å²) in [5.74, 6) is -0.545. The highest BCUT2D eigenvalue weighted by molar-refractivity contribution is 8.13. The van der Waals surface area contributed by atoms with E-state index in [1.165, 1.54) is 18.7 Å². The maximum absolute atomic E-state index is 11.5. The van der Waals surface area contributed by atoms with E-state index in [2.05, 4.69) is 0 Å². The molecule has 5 nitrogen and oxygen atoms in total. The SMILES string of the molecule is CC(=O)SCC(=Cc1cccc(C(=O)O)c1C)B1OC(C)(C)C(C)(C)O1. The summed E-state index contributed by atoms with van der Waals surface area (Å²) < 4.78 is 12.2. The molecule has 1 aromatic rings. The van der Waals surface area contributed by atoms with Crippen LogP contribution in [0.4, 0.5) is 0 Å². The van der Waals surface area contributed by atoms with Gasteiger partial charge in [-0.15, -0.1) is 0 Å². The molecule has 0 radical (unpaired) electrons. The van der Waals surface area contributed by atoms with E-state index in [1.807, 2.05) is 39.8 Å². The third kappa shape index (κ3) is 4.39. The highest BCUT2D eigenvalue weighted by atomic mass is 32.2. The molecule has 0 spiro atoms. The van der Waals surface area contributed by atoms with Crippen molar-refractivity contribution in [3.8, 4) is 0 Å². The van der Waals surface area contributed by atoms with Crippen LogP contribution in [-0.2, 0) is 14.1 Å². The van der Waals surface area contributed by atoms with E-state index < -0.39 is 24.3 Å². The predicted octanol–water partition coefficient (Wildman–Crippen LogP) is 3.99. The molecule has 0 unspecified atom stereocenters. The van der Waals surface area contributed by atoms with Gasteiger partial charge in [-0.05, 0) is 57.3 Å². The van der Waals surface area contributed by atoms with Gasteiger partial charge in [0.2, 0.25) is 0 Å². The predicted molar refractivity (Wildman–Crippen MR) is 105 cm³/mol. The minimum Gasteiger partial charge on any atom is -0.478 e. The number of hydrogen-bond acceptors (Lipinski definition) is 5. The summed E-state index contributed by atoms with van der Waals surface area (Å²) in [6.45, 7) is 11.2. The first kappa shape index (κ1) is 20.7. The summed E-state index contributed by atoms with van der Waals surface area (Å²) in [5, 5.41) is 9.33. The van der Waals surface area contributed by atoms with Crippen LogP contribution in [0.15, 0.2) is 23.7 Å². The number of carboxylic acids is 1. The van der Waals surface area contributed by atoms with Crippen LogP contribution in [0, 0.1) is 6.92 Å². The Morgan fingerprint density at radius 1 is 1.19 bits per heavy atom. The molecule has 7 heteroatoms. The van der Waals surface area contributed by atoms with Crippen molar-refractivity contribution in [1.29, 1.82) is 0 Å². The minimum atomic E-state index is -0.965. The van der Waals surface area contributed by atoms with Gasteiger partial charge in [0.25, 0.3) is 0 Å². The van der Waals surface area contributed by atoms with Gasteiger partial charge in [0, 0.05) is 12.7 Å². The molecule has 140 valence electrons. The number of aromatic carboxylic acids is 1. The number of carbonyl (C=O) groups is 2. The number of benzene rings is 1. The standard InChI is InChI=1S/C19H25BO5S/c1-12-14(8-7-9-16(12)17(22)23)10-15(11-26-13(2)21)20-24-18(3,4)19(5,6)25-20/h7-10H,11H2,1-6H3,(H,22,23). The molecule has 1 heterocycles. The van der Waals surface area contributed by atoms with E-state index in [0.717, 1.165) is 11.0 Å². The molecule has 0 atom stereocenters. The van der Waals surface area contributed by atoms with Crippen LogP contribution in [0.2, 0.25) is 0 Å². The van der Waals surface area contributed by atoms with Gasteiger partial charge in [-0.1, -0.05) is 30.0 Å². The van der Waals surface area contributed by atoms with Gasteiger partial charge in [-0.25, -0.2) is 4.79 Å². The van der Waals surface area contributed by atoms with Gasteiger partial charge in [-0.3, -0.25) is 4.79 Å². The average Bonchev–Trinajstić information content (AvgIpc) is 2.72. The lowest BCUT2D eigenvalue weighted by Crippen LogP contribution is -2.41. The van der Waals surface area contributed by atoms with E-state index in [9.17, 15) is 14.7 Å². The third-order valence-corrected chi connectivity index (χ3v) is 5.83. The Morgan fingerprint density at radius 2 is 1.77 bits per heavy atom. The van der Waals surface area contributed by atoms with Crippen LogP contribution in [0.1, 0.15) is 56.1 Å². The summed E-state index contributed by atoms with van der Waals surface area (Å²) in [4.78, 5) is 22.8. The normalized spacial score (nSPS) is 18.8. The molecule has 1 aliphatic heterocycles. The van der Waals surface area contributed by atoms with Crippen LogP contribution < -0.4 is 0 Å². The van der Waals surface area contributed by atoms with Gasteiger partial charge >= 0.3 is 13.1 Å². The number of carbonyl (C=O) groups excluding carboxylic acids is 1. The van der Waals surface area contributed by atoms with Crippen LogP contribution in [0.5, 0.6) is 0 Å². The first-order valence-electron chi connectivity index (χ1n) is 8.47. The molecule has 26 heavy (non-hydrogen) atoms. The zero-order valence-corrected chi connectivity index (χ0v) is 16.9. The van der Waals surface area contributed by atoms with Crippen LogP contribution in [0.25, 0.3) is 6.08 Å². The molecule has 0 amide bonds. The molecule has 1 fully saturated rings. The molecule has 0 aromatic heterocycles. The molecule has 0 bridgehead atoms. The number of hydrogen-bond donors (Lipinski definition) is 1. The Bertz CT molecular complexity index is 738. The molecule has 1 saturated heterocycles. The highest BCUT2D eigenvalue weighted by Gasteiger charge is 2.52. The second-order valence-electron chi connectivity index (χ2n) is 7.41. The smallest absolute Gasteiger partial charge is 0.478 e. The maximum atomic E-state index is 11.5. The summed E-state index contributed by atoms with van der Waals surface area (Å²) in [7, 11) is -0.584. The Balaban J connectivity index is 2.43.